The zero-order valence-electron chi connectivity index (χ0n) is 10.4. The molecular formula is C14H17FN2O. The first kappa shape index (κ1) is 12.8. The van der Waals surface area contributed by atoms with Crippen LogP contribution in [0.3, 0.4) is 0 Å². The van der Waals surface area contributed by atoms with E-state index < -0.39 is 0 Å². The lowest BCUT2D eigenvalue weighted by molar-refractivity contribution is 0.0900. The van der Waals surface area contributed by atoms with E-state index in [9.17, 15) is 4.39 Å². The minimum Gasteiger partial charge on any atom is -0.384 e. The van der Waals surface area contributed by atoms with Crippen molar-refractivity contribution in [1.82, 2.24) is 0 Å². The van der Waals surface area contributed by atoms with Crippen molar-refractivity contribution < 1.29 is 9.13 Å². The Morgan fingerprint density at radius 1 is 1.56 bits per heavy atom. The molecule has 0 saturated carbocycles. The predicted molar refractivity (Wildman–Crippen MR) is 67.7 cm³/mol. The summed E-state index contributed by atoms with van der Waals surface area (Å²) in [7, 11) is 0. The average Bonchev–Trinajstić information content (AvgIpc) is 2.84. The van der Waals surface area contributed by atoms with E-state index in [1.165, 1.54) is 12.1 Å². The zero-order valence-corrected chi connectivity index (χ0v) is 10.4. The molecule has 0 bridgehead atoms. The third-order valence-corrected chi connectivity index (χ3v) is 3.41. The summed E-state index contributed by atoms with van der Waals surface area (Å²) in [6.07, 6.45) is 2.33. The number of ether oxygens (including phenoxy) is 1. The fourth-order valence-electron chi connectivity index (χ4n) is 2.38. The molecule has 1 fully saturated rings. The Bertz CT molecular complexity index is 456. The van der Waals surface area contributed by atoms with Gasteiger partial charge in [0.2, 0.25) is 0 Å². The molecule has 1 N–H and O–H groups in total. The Labute approximate surface area is 107 Å². The van der Waals surface area contributed by atoms with E-state index >= 15 is 0 Å². The molecule has 2 unspecified atom stereocenters. The molecule has 0 radical (unpaired) electrons. The number of hydrogen-bond acceptors (Lipinski definition) is 3. The quantitative estimate of drug-likeness (QED) is 0.891. The van der Waals surface area contributed by atoms with Gasteiger partial charge in [-0.25, -0.2) is 4.39 Å². The third kappa shape index (κ3) is 2.80. The molecule has 1 aliphatic heterocycles. The van der Waals surface area contributed by atoms with Gasteiger partial charge in [0.15, 0.2) is 0 Å². The molecule has 4 heteroatoms. The fourth-order valence-corrected chi connectivity index (χ4v) is 2.38. The third-order valence-electron chi connectivity index (χ3n) is 3.41. The largest absolute Gasteiger partial charge is 0.384 e. The topological polar surface area (TPSA) is 45.0 Å². The van der Waals surface area contributed by atoms with Crippen molar-refractivity contribution in [3.63, 3.8) is 0 Å². The van der Waals surface area contributed by atoms with Crippen molar-refractivity contribution >= 4 is 5.69 Å². The highest BCUT2D eigenvalue weighted by Gasteiger charge is 2.26. The Morgan fingerprint density at radius 2 is 2.39 bits per heavy atom. The smallest absolute Gasteiger partial charge is 0.124 e. The van der Waals surface area contributed by atoms with Gasteiger partial charge in [-0.3, -0.25) is 0 Å². The van der Waals surface area contributed by atoms with Gasteiger partial charge < -0.3 is 10.1 Å². The van der Waals surface area contributed by atoms with E-state index in [2.05, 4.69) is 12.2 Å². The molecule has 1 aliphatic rings. The summed E-state index contributed by atoms with van der Waals surface area (Å²) in [5, 5.41) is 12.2. The Morgan fingerprint density at radius 3 is 3.11 bits per heavy atom. The first-order valence-corrected chi connectivity index (χ1v) is 6.29. The molecule has 96 valence electrons. The van der Waals surface area contributed by atoms with Crippen molar-refractivity contribution in [2.24, 2.45) is 5.92 Å². The van der Waals surface area contributed by atoms with Crippen LogP contribution in [0, 0.1) is 23.1 Å². The molecule has 1 aromatic rings. The highest BCUT2D eigenvalue weighted by molar-refractivity contribution is 5.57. The SMILES string of the molecule is CCC1OCCC1CNc1ccc(F)cc1C#N. The number of anilines is 1. The molecule has 2 rings (SSSR count). The Kier molecular flexibility index (Phi) is 4.16. The molecule has 0 spiro atoms. The Hall–Kier alpha value is -1.60. The molecular weight excluding hydrogens is 231 g/mol. The number of halogens is 1. The molecule has 0 aromatic heterocycles. The summed E-state index contributed by atoms with van der Waals surface area (Å²) in [5.74, 6) is 0.0827. The van der Waals surface area contributed by atoms with Crippen LogP contribution in [-0.2, 0) is 4.74 Å². The van der Waals surface area contributed by atoms with Crippen LogP contribution in [0.1, 0.15) is 25.3 Å². The summed E-state index contributed by atoms with van der Waals surface area (Å²) >= 11 is 0. The molecule has 0 amide bonds. The summed E-state index contributed by atoms with van der Waals surface area (Å²) in [5.41, 5.74) is 1.04. The van der Waals surface area contributed by atoms with E-state index in [-0.39, 0.29) is 5.82 Å². The predicted octanol–water partition coefficient (Wildman–Crippen LogP) is 2.92. The van der Waals surface area contributed by atoms with Crippen LogP contribution in [0.4, 0.5) is 10.1 Å². The lowest BCUT2D eigenvalue weighted by Crippen LogP contribution is -2.23. The number of benzene rings is 1. The van der Waals surface area contributed by atoms with Crippen LogP contribution < -0.4 is 5.32 Å². The fraction of sp³-hybridized carbons (Fsp3) is 0.500. The van der Waals surface area contributed by atoms with Crippen molar-refractivity contribution in [3.8, 4) is 6.07 Å². The molecule has 2 atom stereocenters. The number of hydrogen-bond donors (Lipinski definition) is 1. The highest BCUT2D eigenvalue weighted by atomic mass is 19.1. The molecule has 1 aromatic carbocycles. The van der Waals surface area contributed by atoms with Crippen LogP contribution in [-0.4, -0.2) is 19.3 Å². The van der Waals surface area contributed by atoms with Gasteiger partial charge in [-0.1, -0.05) is 6.92 Å². The van der Waals surface area contributed by atoms with E-state index in [1.807, 2.05) is 6.07 Å². The van der Waals surface area contributed by atoms with Crippen LogP contribution in [0.25, 0.3) is 0 Å². The Balaban J connectivity index is 2.00. The zero-order chi connectivity index (χ0) is 13.0. The van der Waals surface area contributed by atoms with Gasteiger partial charge in [0.05, 0.1) is 17.4 Å². The second-order valence-electron chi connectivity index (χ2n) is 4.55. The van der Waals surface area contributed by atoms with Gasteiger partial charge in [-0.05, 0) is 31.0 Å². The maximum atomic E-state index is 13.0. The van der Waals surface area contributed by atoms with Gasteiger partial charge >= 0.3 is 0 Å². The normalized spacial score (nSPS) is 22.7. The van der Waals surface area contributed by atoms with Crippen molar-refractivity contribution in [3.05, 3.63) is 29.6 Å². The van der Waals surface area contributed by atoms with E-state index in [0.717, 1.165) is 26.0 Å². The lowest BCUT2D eigenvalue weighted by Gasteiger charge is -2.18. The lowest BCUT2D eigenvalue weighted by atomic mass is 9.99. The highest BCUT2D eigenvalue weighted by Crippen LogP contribution is 2.24. The van der Waals surface area contributed by atoms with Gasteiger partial charge in [-0.15, -0.1) is 0 Å². The van der Waals surface area contributed by atoms with Gasteiger partial charge in [0, 0.05) is 19.1 Å². The van der Waals surface area contributed by atoms with Gasteiger partial charge in [0.25, 0.3) is 0 Å². The summed E-state index contributed by atoms with van der Waals surface area (Å²) in [6, 6.07) is 6.24. The van der Waals surface area contributed by atoms with E-state index in [4.69, 9.17) is 10.00 Å². The maximum absolute atomic E-state index is 13.0. The first-order chi connectivity index (χ1) is 8.74. The minimum atomic E-state index is -0.382. The number of nitrogens with one attached hydrogen (secondary N) is 1. The summed E-state index contributed by atoms with van der Waals surface area (Å²) in [4.78, 5) is 0. The standard InChI is InChI=1S/C14H17FN2O/c1-2-14-10(5-6-18-14)9-17-13-4-3-12(15)7-11(13)8-16/h3-4,7,10,14,17H,2,5-6,9H2,1H3. The van der Waals surface area contributed by atoms with E-state index in [1.54, 1.807) is 6.07 Å². The number of nitrogens with zero attached hydrogens (tertiary/aromatic N) is 1. The average molecular weight is 248 g/mol. The second kappa shape index (κ2) is 5.83. The molecule has 18 heavy (non-hydrogen) atoms. The number of nitriles is 1. The minimum absolute atomic E-state index is 0.295. The van der Waals surface area contributed by atoms with Gasteiger partial charge in [0.1, 0.15) is 11.9 Å². The van der Waals surface area contributed by atoms with Crippen molar-refractivity contribution in [2.75, 3.05) is 18.5 Å². The van der Waals surface area contributed by atoms with Crippen LogP contribution >= 0.6 is 0 Å². The summed E-state index contributed by atoms with van der Waals surface area (Å²) in [6.45, 7) is 3.68. The van der Waals surface area contributed by atoms with Gasteiger partial charge in [-0.2, -0.15) is 5.26 Å². The first-order valence-electron chi connectivity index (χ1n) is 6.29. The molecule has 1 saturated heterocycles. The monoisotopic (exact) mass is 248 g/mol. The molecule has 3 nitrogen and oxygen atoms in total. The van der Waals surface area contributed by atoms with Crippen molar-refractivity contribution in [1.29, 1.82) is 5.26 Å². The van der Waals surface area contributed by atoms with Crippen LogP contribution in [0.5, 0.6) is 0 Å². The number of rotatable bonds is 4. The maximum Gasteiger partial charge on any atom is 0.124 e. The van der Waals surface area contributed by atoms with Crippen LogP contribution in [0.2, 0.25) is 0 Å². The van der Waals surface area contributed by atoms with Crippen molar-refractivity contribution in [2.45, 2.75) is 25.9 Å². The summed E-state index contributed by atoms with van der Waals surface area (Å²) < 4.78 is 18.6. The molecule has 1 heterocycles. The van der Waals surface area contributed by atoms with E-state index in [0.29, 0.717) is 23.3 Å². The van der Waals surface area contributed by atoms with Crippen LogP contribution in [0.15, 0.2) is 18.2 Å². The molecule has 0 aliphatic carbocycles. The second-order valence-corrected chi connectivity index (χ2v) is 4.55.